The molecule has 2 aromatic rings. The molecule has 4 nitrogen and oxygen atoms in total. The molecule has 24 heavy (non-hydrogen) atoms. The number of hydrogen-bond acceptors (Lipinski definition) is 4. The molecule has 2 heterocycles. The van der Waals surface area contributed by atoms with Crippen molar-refractivity contribution in [3.63, 3.8) is 0 Å². The molecular weight excluding hydrogens is 298 g/mol. The molecule has 0 bridgehead atoms. The number of nitrogens with zero attached hydrogens (tertiary/aromatic N) is 2. The van der Waals surface area contributed by atoms with Crippen LogP contribution in [0.2, 0.25) is 0 Å². The van der Waals surface area contributed by atoms with E-state index in [2.05, 4.69) is 39.5 Å². The lowest BCUT2D eigenvalue weighted by atomic mass is 10.0. The first-order valence-electron chi connectivity index (χ1n) is 8.93. The fourth-order valence-corrected chi connectivity index (χ4v) is 3.34. The molecule has 1 aromatic carbocycles. The van der Waals surface area contributed by atoms with Gasteiger partial charge in [-0.05, 0) is 37.1 Å². The minimum absolute atomic E-state index is 0.287. The first-order chi connectivity index (χ1) is 11.9. The second-order valence-electron chi connectivity index (χ2n) is 6.46. The fraction of sp³-hybridized carbons (Fsp3) is 0.450. The maximum absolute atomic E-state index is 9.45. The van der Waals surface area contributed by atoms with Crippen LogP contribution in [0, 0.1) is 0 Å². The first kappa shape index (κ1) is 17.1. The number of aliphatic hydroxyl groups is 1. The van der Waals surface area contributed by atoms with Gasteiger partial charge in [0.05, 0.1) is 12.3 Å². The van der Waals surface area contributed by atoms with Crippen molar-refractivity contribution in [1.29, 1.82) is 0 Å². The molecule has 2 N–H and O–H groups in total. The van der Waals surface area contributed by atoms with Crippen LogP contribution < -0.4 is 5.32 Å². The van der Waals surface area contributed by atoms with Crippen molar-refractivity contribution in [3.05, 3.63) is 54.2 Å². The van der Waals surface area contributed by atoms with Crippen molar-refractivity contribution in [2.75, 3.05) is 26.2 Å². The fourth-order valence-electron chi connectivity index (χ4n) is 3.34. The number of aromatic nitrogens is 1. The van der Waals surface area contributed by atoms with Gasteiger partial charge in [-0.1, -0.05) is 36.8 Å². The highest BCUT2D eigenvalue weighted by molar-refractivity contribution is 5.58. The lowest BCUT2D eigenvalue weighted by Crippen LogP contribution is -2.44. The van der Waals surface area contributed by atoms with Crippen LogP contribution in [0.1, 0.15) is 24.8 Å². The lowest BCUT2D eigenvalue weighted by Gasteiger charge is -2.34. The molecule has 1 aliphatic rings. The van der Waals surface area contributed by atoms with Crippen LogP contribution in [0.25, 0.3) is 11.3 Å². The average Bonchev–Trinajstić information content (AvgIpc) is 2.67. The Balaban J connectivity index is 1.44. The summed E-state index contributed by atoms with van der Waals surface area (Å²) in [5.41, 5.74) is 3.45. The highest BCUT2D eigenvalue weighted by atomic mass is 16.3. The van der Waals surface area contributed by atoms with Crippen molar-refractivity contribution in [2.24, 2.45) is 0 Å². The molecule has 3 rings (SSSR count). The van der Waals surface area contributed by atoms with Crippen LogP contribution in [0.4, 0.5) is 0 Å². The minimum Gasteiger partial charge on any atom is -0.395 e. The van der Waals surface area contributed by atoms with Gasteiger partial charge in [-0.15, -0.1) is 0 Å². The van der Waals surface area contributed by atoms with Crippen LogP contribution >= 0.6 is 0 Å². The molecule has 1 aliphatic heterocycles. The number of piperidine rings is 1. The Morgan fingerprint density at radius 1 is 1.12 bits per heavy atom. The average molecular weight is 325 g/mol. The Morgan fingerprint density at radius 2 is 2.00 bits per heavy atom. The van der Waals surface area contributed by atoms with Crippen molar-refractivity contribution >= 4 is 0 Å². The van der Waals surface area contributed by atoms with Gasteiger partial charge in [0.1, 0.15) is 0 Å². The summed E-state index contributed by atoms with van der Waals surface area (Å²) in [5.74, 6) is 0. The van der Waals surface area contributed by atoms with Gasteiger partial charge in [-0.25, -0.2) is 0 Å². The molecule has 1 saturated heterocycles. The van der Waals surface area contributed by atoms with Crippen LogP contribution in [0.15, 0.2) is 48.7 Å². The van der Waals surface area contributed by atoms with Crippen molar-refractivity contribution in [3.8, 4) is 11.3 Å². The molecule has 0 saturated carbocycles. The normalized spacial score (nSPS) is 18.6. The number of pyridine rings is 1. The molecule has 1 aromatic heterocycles. The summed E-state index contributed by atoms with van der Waals surface area (Å²) in [6, 6.07) is 14.9. The maximum Gasteiger partial charge on any atom is 0.0701 e. The summed E-state index contributed by atoms with van der Waals surface area (Å²) in [6.07, 6.45) is 5.46. The zero-order chi connectivity index (χ0) is 16.6. The van der Waals surface area contributed by atoms with Crippen LogP contribution in [0.5, 0.6) is 0 Å². The Kier molecular flexibility index (Phi) is 6.35. The van der Waals surface area contributed by atoms with E-state index < -0.39 is 0 Å². The zero-order valence-corrected chi connectivity index (χ0v) is 14.2. The molecule has 128 valence electrons. The van der Waals surface area contributed by atoms with Crippen molar-refractivity contribution < 1.29 is 5.11 Å². The van der Waals surface area contributed by atoms with Crippen LogP contribution in [-0.4, -0.2) is 47.3 Å². The number of benzene rings is 1. The smallest absolute Gasteiger partial charge is 0.0701 e. The summed E-state index contributed by atoms with van der Waals surface area (Å²) in [6.45, 7) is 4.25. The molecular formula is C20H27N3O. The lowest BCUT2D eigenvalue weighted by molar-refractivity contribution is 0.0910. The van der Waals surface area contributed by atoms with Gasteiger partial charge in [-0.2, -0.15) is 0 Å². The standard InChI is InChI=1S/C20H27N3O/c24-16-19-5-2-4-13-23(19)14-12-21-15-17-7-9-18(10-8-17)20-6-1-3-11-22-20/h1,3,6-11,19,21,24H,2,4-5,12-16H2. The third-order valence-corrected chi connectivity index (χ3v) is 4.78. The van der Waals surface area contributed by atoms with E-state index in [1.807, 2.05) is 24.4 Å². The van der Waals surface area contributed by atoms with Gasteiger partial charge in [0.2, 0.25) is 0 Å². The Labute approximate surface area is 144 Å². The van der Waals surface area contributed by atoms with E-state index in [-0.39, 0.29) is 6.61 Å². The van der Waals surface area contributed by atoms with E-state index in [9.17, 15) is 5.11 Å². The van der Waals surface area contributed by atoms with Gasteiger partial charge < -0.3 is 10.4 Å². The summed E-state index contributed by atoms with van der Waals surface area (Å²) >= 11 is 0. The van der Waals surface area contributed by atoms with Gasteiger partial charge in [-0.3, -0.25) is 9.88 Å². The van der Waals surface area contributed by atoms with E-state index in [1.54, 1.807) is 0 Å². The molecule has 0 spiro atoms. The van der Waals surface area contributed by atoms with Crippen molar-refractivity contribution in [1.82, 2.24) is 15.2 Å². The van der Waals surface area contributed by atoms with Gasteiger partial charge in [0.25, 0.3) is 0 Å². The number of hydrogen-bond donors (Lipinski definition) is 2. The highest BCUT2D eigenvalue weighted by Crippen LogP contribution is 2.17. The van der Waals surface area contributed by atoms with Crippen LogP contribution in [0.3, 0.4) is 0 Å². The summed E-state index contributed by atoms with van der Waals surface area (Å²) in [4.78, 5) is 6.80. The Morgan fingerprint density at radius 3 is 2.75 bits per heavy atom. The SMILES string of the molecule is OCC1CCCCN1CCNCc1ccc(-c2ccccn2)cc1. The monoisotopic (exact) mass is 325 g/mol. The molecule has 1 unspecified atom stereocenters. The third-order valence-electron chi connectivity index (χ3n) is 4.78. The summed E-state index contributed by atoms with van der Waals surface area (Å²) in [7, 11) is 0. The van der Waals surface area contributed by atoms with Gasteiger partial charge in [0, 0.05) is 37.4 Å². The zero-order valence-electron chi connectivity index (χ0n) is 14.2. The topological polar surface area (TPSA) is 48.4 Å². The number of aliphatic hydroxyl groups excluding tert-OH is 1. The van der Waals surface area contributed by atoms with E-state index in [4.69, 9.17) is 0 Å². The van der Waals surface area contributed by atoms with E-state index in [0.29, 0.717) is 6.04 Å². The molecule has 1 atom stereocenters. The van der Waals surface area contributed by atoms with E-state index in [0.717, 1.165) is 43.9 Å². The third kappa shape index (κ3) is 4.63. The van der Waals surface area contributed by atoms with Gasteiger partial charge >= 0.3 is 0 Å². The predicted octanol–water partition coefficient (Wildman–Crippen LogP) is 2.69. The maximum atomic E-state index is 9.45. The highest BCUT2D eigenvalue weighted by Gasteiger charge is 2.20. The molecule has 0 aliphatic carbocycles. The summed E-state index contributed by atoms with van der Waals surface area (Å²) < 4.78 is 0. The second-order valence-corrected chi connectivity index (χ2v) is 6.46. The Bertz CT molecular complexity index is 600. The Hall–Kier alpha value is -1.75. The number of nitrogens with one attached hydrogen (secondary N) is 1. The number of rotatable bonds is 7. The second kappa shape index (κ2) is 8.92. The van der Waals surface area contributed by atoms with E-state index >= 15 is 0 Å². The largest absolute Gasteiger partial charge is 0.395 e. The molecule has 0 radical (unpaired) electrons. The number of likely N-dealkylation sites (tertiary alicyclic amines) is 1. The quantitative estimate of drug-likeness (QED) is 0.769. The summed E-state index contributed by atoms with van der Waals surface area (Å²) in [5, 5.41) is 13.0. The molecule has 0 amide bonds. The van der Waals surface area contributed by atoms with Crippen molar-refractivity contribution in [2.45, 2.75) is 31.8 Å². The predicted molar refractivity (Wildman–Crippen MR) is 97.7 cm³/mol. The van der Waals surface area contributed by atoms with E-state index in [1.165, 1.54) is 18.4 Å². The van der Waals surface area contributed by atoms with Crippen LogP contribution in [-0.2, 0) is 6.54 Å². The molecule has 4 heteroatoms. The molecule has 1 fully saturated rings. The minimum atomic E-state index is 0.287. The van der Waals surface area contributed by atoms with Gasteiger partial charge in [0.15, 0.2) is 0 Å². The first-order valence-corrected chi connectivity index (χ1v) is 8.93.